The highest BCUT2D eigenvalue weighted by Gasteiger charge is 2.24. The Morgan fingerprint density at radius 3 is 1.59 bits per heavy atom. The van der Waals surface area contributed by atoms with Gasteiger partial charge in [-0.25, -0.2) is 9.97 Å². The maximum absolute atomic E-state index is 5.51. The van der Waals surface area contributed by atoms with Crippen molar-refractivity contribution >= 4 is 97.9 Å². The molecule has 14 aromatic rings. The quantitative estimate of drug-likeness (QED) is 0.178. The Hall–Kier alpha value is -8.54. The molecular weight excluding hydrogens is 767 g/mol. The van der Waals surface area contributed by atoms with E-state index in [1.807, 2.05) is 0 Å². The van der Waals surface area contributed by atoms with Crippen LogP contribution in [0, 0.1) is 0 Å². The molecule has 4 heterocycles. The van der Waals surface area contributed by atoms with Crippen molar-refractivity contribution in [1.82, 2.24) is 23.7 Å². The van der Waals surface area contributed by atoms with E-state index in [1.165, 1.54) is 54.1 Å². The zero-order valence-corrected chi connectivity index (χ0v) is 33.9. The maximum Gasteiger partial charge on any atom is 0.235 e. The van der Waals surface area contributed by atoms with Crippen LogP contribution in [0.25, 0.3) is 126 Å². The Labute approximate surface area is 360 Å². The zero-order valence-electron chi connectivity index (χ0n) is 33.9. The van der Waals surface area contributed by atoms with Crippen LogP contribution in [0.5, 0.6) is 0 Å². The fourth-order valence-corrected chi connectivity index (χ4v) is 10.6. The maximum atomic E-state index is 5.51. The summed E-state index contributed by atoms with van der Waals surface area (Å²) in [5, 5.41) is 13.1. The molecule has 0 atom stereocenters. The minimum Gasteiger partial charge on any atom is -0.309 e. The van der Waals surface area contributed by atoms with Crippen LogP contribution in [-0.2, 0) is 0 Å². The lowest BCUT2D eigenvalue weighted by atomic mass is 9.99. The van der Waals surface area contributed by atoms with Crippen molar-refractivity contribution in [3.8, 4) is 28.6 Å². The molecule has 5 nitrogen and oxygen atoms in total. The first kappa shape index (κ1) is 34.2. The third kappa shape index (κ3) is 4.82. The van der Waals surface area contributed by atoms with Crippen LogP contribution < -0.4 is 0 Å². The summed E-state index contributed by atoms with van der Waals surface area (Å²) in [6.07, 6.45) is 0. The van der Waals surface area contributed by atoms with Crippen LogP contribution in [0.1, 0.15) is 0 Å². The number of fused-ring (bicyclic) bond motifs is 13. The Morgan fingerprint density at radius 2 is 0.825 bits per heavy atom. The molecule has 0 N–H and O–H groups in total. The highest BCUT2D eigenvalue weighted by molar-refractivity contribution is 6.29. The number of aromatic nitrogens is 5. The molecular formula is C58H35N5. The standard InChI is InChI=1S/C58H35N5/c1-2-17-38-35-39(32-31-36(38)15-1)61-47-26-10-7-22-44(47)55-52(61)33-34-53-56(55)45-23-8-11-27-48(45)62(53)50-29-14-30-51-54(50)43-21-6-12-28-49(43)63(51)58-59-46-25-9-5-20-42(46)57(60-58)41-24-13-18-37-16-3-4-19-40(37)41/h1-35H. The molecule has 0 saturated heterocycles. The van der Waals surface area contributed by atoms with Gasteiger partial charge in [-0.15, -0.1) is 0 Å². The van der Waals surface area contributed by atoms with Gasteiger partial charge in [0, 0.05) is 49.0 Å². The molecule has 0 bridgehead atoms. The van der Waals surface area contributed by atoms with E-state index < -0.39 is 0 Å². The lowest BCUT2D eigenvalue weighted by Gasteiger charge is -2.14. The Kier molecular flexibility index (Phi) is 7.05. The monoisotopic (exact) mass is 801 g/mol. The summed E-state index contributed by atoms with van der Waals surface area (Å²) in [5.41, 5.74) is 12.0. The topological polar surface area (TPSA) is 40.6 Å². The molecule has 0 spiro atoms. The molecule has 4 aromatic heterocycles. The third-order valence-corrected chi connectivity index (χ3v) is 13.2. The van der Waals surface area contributed by atoms with Crippen LogP contribution in [-0.4, -0.2) is 23.7 Å². The van der Waals surface area contributed by atoms with E-state index in [9.17, 15) is 0 Å². The average Bonchev–Trinajstić information content (AvgIpc) is 3.99. The van der Waals surface area contributed by atoms with Crippen LogP contribution in [0.15, 0.2) is 212 Å². The summed E-state index contributed by atoms with van der Waals surface area (Å²) in [6, 6.07) is 76.6. The smallest absolute Gasteiger partial charge is 0.235 e. The molecule has 0 aliphatic carbocycles. The molecule has 0 aliphatic heterocycles. The number of hydrogen-bond acceptors (Lipinski definition) is 2. The molecule has 63 heavy (non-hydrogen) atoms. The summed E-state index contributed by atoms with van der Waals surface area (Å²) in [6.45, 7) is 0. The predicted molar refractivity (Wildman–Crippen MR) is 263 cm³/mol. The van der Waals surface area contributed by atoms with Crippen molar-refractivity contribution in [3.05, 3.63) is 212 Å². The number of benzene rings is 10. The van der Waals surface area contributed by atoms with Gasteiger partial charge in [-0.05, 0) is 82.2 Å². The van der Waals surface area contributed by atoms with Crippen molar-refractivity contribution in [2.75, 3.05) is 0 Å². The summed E-state index contributed by atoms with van der Waals surface area (Å²) in [4.78, 5) is 10.8. The normalized spacial score (nSPS) is 12.1. The van der Waals surface area contributed by atoms with Crippen LogP contribution in [0.2, 0.25) is 0 Å². The van der Waals surface area contributed by atoms with E-state index in [0.29, 0.717) is 5.95 Å². The second-order valence-electron chi connectivity index (χ2n) is 16.5. The Morgan fingerprint density at radius 1 is 0.302 bits per heavy atom. The van der Waals surface area contributed by atoms with Gasteiger partial charge in [0.15, 0.2) is 0 Å². The molecule has 5 heteroatoms. The van der Waals surface area contributed by atoms with Crippen molar-refractivity contribution in [1.29, 1.82) is 0 Å². The van der Waals surface area contributed by atoms with E-state index in [2.05, 4.69) is 226 Å². The lowest BCUT2D eigenvalue weighted by Crippen LogP contribution is -2.04. The molecule has 0 saturated carbocycles. The molecule has 0 amide bonds. The minimum atomic E-state index is 0.644. The van der Waals surface area contributed by atoms with E-state index in [0.717, 1.165) is 66.4 Å². The SMILES string of the molecule is c1ccc2cc(-n3c4ccccc4c4c5c6ccccc6n(-c6cccc7c6c6ccccc6n7-c6nc(-c7cccc8ccccc78)c7ccccc7n6)c5ccc43)ccc2c1. The zero-order chi connectivity index (χ0) is 41.2. The summed E-state index contributed by atoms with van der Waals surface area (Å²) < 4.78 is 7.18. The van der Waals surface area contributed by atoms with Gasteiger partial charge in [0.1, 0.15) is 0 Å². The van der Waals surface area contributed by atoms with Gasteiger partial charge in [-0.2, -0.15) is 0 Å². The second kappa shape index (κ2) is 13.0. The molecule has 0 radical (unpaired) electrons. The molecule has 0 aliphatic rings. The molecule has 10 aromatic carbocycles. The Bertz CT molecular complexity index is 4220. The van der Waals surface area contributed by atoms with Gasteiger partial charge < -0.3 is 9.13 Å². The highest BCUT2D eigenvalue weighted by Crippen LogP contribution is 2.45. The fraction of sp³-hybridized carbons (Fsp3) is 0. The Balaban J connectivity index is 1.06. The van der Waals surface area contributed by atoms with Crippen LogP contribution >= 0.6 is 0 Å². The summed E-state index contributed by atoms with van der Waals surface area (Å²) >= 11 is 0. The first-order chi connectivity index (χ1) is 31.3. The first-order valence-corrected chi connectivity index (χ1v) is 21.5. The average molecular weight is 802 g/mol. The minimum absolute atomic E-state index is 0.644. The molecule has 292 valence electrons. The number of para-hydroxylation sites is 4. The van der Waals surface area contributed by atoms with E-state index >= 15 is 0 Å². The fourth-order valence-electron chi connectivity index (χ4n) is 10.6. The van der Waals surface area contributed by atoms with Gasteiger partial charge in [0.2, 0.25) is 5.95 Å². The van der Waals surface area contributed by atoms with Crippen LogP contribution in [0.3, 0.4) is 0 Å². The largest absolute Gasteiger partial charge is 0.309 e. The van der Waals surface area contributed by atoms with E-state index in [4.69, 9.17) is 9.97 Å². The molecule has 14 rings (SSSR count). The first-order valence-electron chi connectivity index (χ1n) is 21.5. The highest BCUT2D eigenvalue weighted by atomic mass is 15.2. The van der Waals surface area contributed by atoms with Crippen molar-refractivity contribution in [2.24, 2.45) is 0 Å². The molecule has 0 unspecified atom stereocenters. The van der Waals surface area contributed by atoms with Gasteiger partial charge in [0.05, 0.1) is 50.0 Å². The number of nitrogens with zero attached hydrogens (tertiary/aromatic N) is 5. The number of rotatable bonds is 4. The third-order valence-electron chi connectivity index (χ3n) is 13.2. The predicted octanol–water partition coefficient (Wildman–Crippen LogP) is 14.9. The van der Waals surface area contributed by atoms with Crippen molar-refractivity contribution < 1.29 is 0 Å². The second-order valence-corrected chi connectivity index (χ2v) is 16.5. The summed E-state index contributed by atoms with van der Waals surface area (Å²) in [5.74, 6) is 0.644. The van der Waals surface area contributed by atoms with Crippen molar-refractivity contribution in [3.63, 3.8) is 0 Å². The van der Waals surface area contributed by atoms with Gasteiger partial charge in [0.25, 0.3) is 0 Å². The van der Waals surface area contributed by atoms with E-state index in [-0.39, 0.29) is 0 Å². The number of hydrogen-bond donors (Lipinski definition) is 0. The van der Waals surface area contributed by atoms with Gasteiger partial charge in [-0.3, -0.25) is 4.57 Å². The van der Waals surface area contributed by atoms with Gasteiger partial charge >= 0.3 is 0 Å². The van der Waals surface area contributed by atoms with Crippen molar-refractivity contribution in [2.45, 2.75) is 0 Å². The summed E-state index contributed by atoms with van der Waals surface area (Å²) in [7, 11) is 0. The van der Waals surface area contributed by atoms with E-state index in [1.54, 1.807) is 0 Å². The van der Waals surface area contributed by atoms with Crippen LogP contribution in [0.4, 0.5) is 0 Å². The van der Waals surface area contributed by atoms with Gasteiger partial charge in [-0.1, -0.05) is 152 Å². The lowest BCUT2D eigenvalue weighted by molar-refractivity contribution is 1.01. The molecule has 0 fully saturated rings.